The van der Waals surface area contributed by atoms with Gasteiger partial charge in [-0.3, -0.25) is 9.71 Å². The normalized spacial score (nSPS) is 21.3. The number of hydrogen-bond acceptors (Lipinski definition) is 4. The Morgan fingerprint density at radius 1 is 1.47 bits per heavy atom. The number of pyridine rings is 1. The van der Waals surface area contributed by atoms with E-state index < -0.39 is 10.2 Å². The van der Waals surface area contributed by atoms with Crippen molar-refractivity contribution in [2.45, 2.75) is 32.2 Å². The molecule has 6 nitrogen and oxygen atoms in total. The van der Waals surface area contributed by atoms with E-state index in [0.717, 1.165) is 24.8 Å². The van der Waals surface area contributed by atoms with E-state index >= 15 is 0 Å². The van der Waals surface area contributed by atoms with E-state index in [9.17, 15) is 8.42 Å². The zero-order chi connectivity index (χ0) is 13.9. The van der Waals surface area contributed by atoms with Crippen molar-refractivity contribution in [3.8, 4) is 0 Å². The first-order valence-electron chi connectivity index (χ1n) is 6.44. The summed E-state index contributed by atoms with van der Waals surface area (Å²) in [4.78, 5) is 3.98. The van der Waals surface area contributed by atoms with Gasteiger partial charge in [-0.25, -0.2) is 0 Å². The van der Waals surface area contributed by atoms with Crippen molar-refractivity contribution in [1.82, 2.24) is 9.29 Å². The Morgan fingerprint density at radius 2 is 2.26 bits per heavy atom. The van der Waals surface area contributed by atoms with Crippen LogP contribution in [-0.2, 0) is 10.2 Å². The third kappa shape index (κ3) is 3.43. The number of anilines is 1. The fourth-order valence-electron chi connectivity index (χ4n) is 2.34. The maximum atomic E-state index is 12.4. The Morgan fingerprint density at radius 3 is 2.95 bits per heavy atom. The quantitative estimate of drug-likeness (QED) is 0.858. The molecule has 1 aromatic heterocycles. The highest BCUT2D eigenvalue weighted by Crippen LogP contribution is 2.21. The van der Waals surface area contributed by atoms with E-state index in [1.807, 2.05) is 6.92 Å². The summed E-state index contributed by atoms with van der Waals surface area (Å²) >= 11 is 0. The number of rotatable bonds is 4. The molecule has 1 aliphatic heterocycles. The maximum absolute atomic E-state index is 12.4. The van der Waals surface area contributed by atoms with Crippen LogP contribution in [0.15, 0.2) is 18.5 Å². The summed E-state index contributed by atoms with van der Waals surface area (Å²) in [5.41, 5.74) is 7.06. The van der Waals surface area contributed by atoms with Crippen LogP contribution in [-0.4, -0.2) is 36.8 Å². The highest BCUT2D eigenvalue weighted by atomic mass is 32.2. The molecule has 106 valence electrons. The van der Waals surface area contributed by atoms with Gasteiger partial charge in [0.25, 0.3) is 0 Å². The van der Waals surface area contributed by atoms with Crippen LogP contribution in [0.3, 0.4) is 0 Å². The molecule has 19 heavy (non-hydrogen) atoms. The molecule has 0 aromatic carbocycles. The molecule has 1 aliphatic rings. The molecule has 7 heteroatoms. The molecule has 1 saturated heterocycles. The second kappa shape index (κ2) is 5.85. The van der Waals surface area contributed by atoms with Crippen molar-refractivity contribution in [2.24, 2.45) is 5.73 Å². The third-order valence-electron chi connectivity index (χ3n) is 3.28. The number of piperidine rings is 1. The van der Waals surface area contributed by atoms with E-state index in [-0.39, 0.29) is 6.04 Å². The molecule has 0 bridgehead atoms. The Kier molecular flexibility index (Phi) is 4.38. The van der Waals surface area contributed by atoms with E-state index in [4.69, 9.17) is 5.73 Å². The molecule has 1 aromatic rings. The Hall–Kier alpha value is -1.18. The predicted molar refractivity (Wildman–Crippen MR) is 74.9 cm³/mol. The molecule has 3 N–H and O–H groups in total. The predicted octanol–water partition coefficient (Wildman–Crippen LogP) is 0.860. The van der Waals surface area contributed by atoms with Crippen LogP contribution in [0.25, 0.3) is 0 Å². The van der Waals surface area contributed by atoms with Crippen LogP contribution in [0, 0.1) is 6.92 Å². The summed E-state index contributed by atoms with van der Waals surface area (Å²) in [6, 6.07) is 1.65. The van der Waals surface area contributed by atoms with Crippen molar-refractivity contribution < 1.29 is 8.42 Å². The largest absolute Gasteiger partial charge is 0.329 e. The van der Waals surface area contributed by atoms with Crippen molar-refractivity contribution >= 4 is 15.9 Å². The molecule has 0 aliphatic carbocycles. The van der Waals surface area contributed by atoms with Gasteiger partial charge < -0.3 is 5.73 Å². The standard InChI is InChI=1S/C12H20N4O2S/c1-10-6-11(9-14-8-10)15-19(17,18)16-5-3-2-4-12(16)7-13/h6,8-9,12,15H,2-5,7,13H2,1H3. The molecule has 2 rings (SSSR count). The number of aromatic nitrogens is 1. The average Bonchev–Trinajstić information content (AvgIpc) is 2.38. The van der Waals surface area contributed by atoms with E-state index in [1.54, 1.807) is 12.3 Å². The lowest BCUT2D eigenvalue weighted by molar-refractivity contribution is 0.259. The molecule has 1 fully saturated rings. The molecule has 0 spiro atoms. The number of nitrogens with two attached hydrogens (primary N) is 1. The minimum Gasteiger partial charge on any atom is -0.329 e. The van der Waals surface area contributed by atoms with Crippen molar-refractivity contribution in [3.63, 3.8) is 0 Å². The molecular weight excluding hydrogens is 264 g/mol. The highest BCUT2D eigenvalue weighted by molar-refractivity contribution is 7.90. The van der Waals surface area contributed by atoms with E-state index in [1.165, 1.54) is 10.5 Å². The first-order chi connectivity index (χ1) is 9.03. The van der Waals surface area contributed by atoms with Gasteiger partial charge in [-0.15, -0.1) is 0 Å². The van der Waals surface area contributed by atoms with Crippen molar-refractivity contribution in [2.75, 3.05) is 17.8 Å². The Bertz CT molecular complexity index is 532. The van der Waals surface area contributed by atoms with Gasteiger partial charge in [0.05, 0.1) is 11.9 Å². The SMILES string of the molecule is Cc1cncc(NS(=O)(=O)N2CCCCC2CN)c1. The number of nitrogens with zero attached hydrogens (tertiary/aromatic N) is 2. The summed E-state index contributed by atoms with van der Waals surface area (Å²) in [5.74, 6) is 0. The first-order valence-corrected chi connectivity index (χ1v) is 7.88. The van der Waals surface area contributed by atoms with Gasteiger partial charge in [-0.1, -0.05) is 6.42 Å². The zero-order valence-electron chi connectivity index (χ0n) is 11.0. The summed E-state index contributed by atoms with van der Waals surface area (Å²) in [6.45, 7) is 2.75. The van der Waals surface area contributed by atoms with Crippen molar-refractivity contribution in [1.29, 1.82) is 0 Å². The molecule has 0 radical (unpaired) electrons. The lowest BCUT2D eigenvalue weighted by atomic mass is 10.1. The lowest BCUT2D eigenvalue weighted by Gasteiger charge is -2.33. The first kappa shape index (κ1) is 14.2. The fourth-order valence-corrected chi connectivity index (χ4v) is 3.82. The van der Waals surface area contributed by atoms with Crippen molar-refractivity contribution in [3.05, 3.63) is 24.0 Å². The molecule has 0 saturated carbocycles. The van der Waals surface area contributed by atoms with Crippen LogP contribution in [0.2, 0.25) is 0 Å². The topological polar surface area (TPSA) is 88.3 Å². The van der Waals surface area contributed by atoms with Crippen LogP contribution < -0.4 is 10.5 Å². The van der Waals surface area contributed by atoms with Gasteiger partial charge in [0.1, 0.15) is 0 Å². The summed E-state index contributed by atoms with van der Waals surface area (Å²) in [6.07, 6.45) is 5.92. The minimum atomic E-state index is -3.55. The van der Waals surface area contributed by atoms with Crippen LogP contribution in [0.1, 0.15) is 24.8 Å². The van der Waals surface area contributed by atoms with Crippen LogP contribution in [0.5, 0.6) is 0 Å². The molecule has 1 atom stereocenters. The molecule has 2 heterocycles. The van der Waals surface area contributed by atoms with Gasteiger partial charge in [0, 0.05) is 25.3 Å². The molecule has 1 unspecified atom stereocenters. The van der Waals surface area contributed by atoms with Gasteiger partial charge in [0.2, 0.25) is 0 Å². The Labute approximate surface area is 114 Å². The summed E-state index contributed by atoms with van der Waals surface area (Å²) in [7, 11) is -3.55. The lowest BCUT2D eigenvalue weighted by Crippen LogP contribution is -2.49. The van der Waals surface area contributed by atoms with E-state index in [0.29, 0.717) is 18.8 Å². The molecular formula is C12H20N4O2S. The smallest absolute Gasteiger partial charge is 0.301 e. The summed E-state index contributed by atoms with van der Waals surface area (Å²) < 4.78 is 28.8. The number of nitrogens with one attached hydrogen (secondary N) is 1. The Balaban J connectivity index is 2.17. The van der Waals surface area contributed by atoms with Gasteiger partial charge in [-0.05, 0) is 31.4 Å². The minimum absolute atomic E-state index is 0.107. The van der Waals surface area contributed by atoms with Gasteiger partial charge >= 0.3 is 10.2 Å². The zero-order valence-corrected chi connectivity index (χ0v) is 11.9. The number of hydrogen-bond donors (Lipinski definition) is 2. The number of aryl methyl sites for hydroxylation is 1. The summed E-state index contributed by atoms with van der Waals surface area (Å²) in [5, 5.41) is 0. The molecule has 0 amide bonds. The van der Waals surface area contributed by atoms with E-state index in [2.05, 4.69) is 9.71 Å². The maximum Gasteiger partial charge on any atom is 0.301 e. The average molecular weight is 284 g/mol. The van der Waals surface area contributed by atoms with Gasteiger partial charge in [-0.2, -0.15) is 12.7 Å². The van der Waals surface area contributed by atoms with Crippen LogP contribution >= 0.6 is 0 Å². The second-order valence-corrected chi connectivity index (χ2v) is 6.48. The van der Waals surface area contributed by atoms with Crippen LogP contribution in [0.4, 0.5) is 5.69 Å². The monoisotopic (exact) mass is 284 g/mol. The third-order valence-corrected chi connectivity index (χ3v) is 4.87. The van der Waals surface area contributed by atoms with Gasteiger partial charge in [0.15, 0.2) is 0 Å². The highest BCUT2D eigenvalue weighted by Gasteiger charge is 2.31. The fraction of sp³-hybridized carbons (Fsp3) is 0.583. The second-order valence-electron chi connectivity index (χ2n) is 4.85.